The quantitative estimate of drug-likeness (QED) is 0.659. The largest absolute Gasteiger partial charge is 0.334 e. The molecule has 4 N–H and O–H groups in total. The molecule has 0 radical (unpaired) electrons. The molecule has 19 heavy (non-hydrogen) atoms. The van der Waals surface area contributed by atoms with Crippen LogP contribution in [0.15, 0.2) is 35.1 Å². The third kappa shape index (κ3) is 3.98. The minimum Gasteiger partial charge on any atom is -0.334 e. The van der Waals surface area contributed by atoms with E-state index < -0.39 is 0 Å². The van der Waals surface area contributed by atoms with Gasteiger partial charge >= 0.3 is 6.03 Å². The van der Waals surface area contributed by atoms with Crippen molar-refractivity contribution in [3.63, 3.8) is 0 Å². The second-order valence-corrected chi connectivity index (χ2v) is 3.95. The number of aromatic nitrogens is 2. The third-order valence-corrected chi connectivity index (χ3v) is 2.46. The Balaban J connectivity index is 1.75. The van der Waals surface area contributed by atoms with E-state index in [9.17, 15) is 14.0 Å². The molecular formula is C12H13FN4O2. The lowest BCUT2D eigenvalue weighted by Crippen LogP contribution is -2.34. The van der Waals surface area contributed by atoms with Crippen LogP contribution < -0.4 is 16.2 Å². The molecule has 2 rings (SSSR count). The number of nitrogens with one attached hydrogen (secondary N) is 4. The molecule has 0 fully saturated rings. The van der Waals surface area contributed by atoms with Gasteiger partial charge in [0.25, 0.3) is 5.56 Å². The first-order valence-corrected chi connectivity index (χ1v) is 5.66. The van der Waals surface area contributed by atoms with E-state index in [-0.39, 0.29) is 24.0 Å². The van der Waals surface area contributed by atoms with Crippen LogP contribution in [0.5, 0.6) is 0 Å². The molecule has 0 saturated carbocycles. The Kier molecular flexibility index (Phi) is 3.97. The van der Waals surface area contributed by atoms with Crippen LogP contribution in [-0.4, -0.2) is 16.2 Å². The Morgan fingerprint density at radius 3 is 2.42 bits per heavy atom. The lowest BCUT2D eigenvalue weighted by molar-refractivity contribution is 0.240. The summed E-state index contributed by atoms with van der Waals surface area (Å²) in [6, 6.07) is 6.85. The van der Waals surface area contributed by atoms with Crippen molar-refractivity contribution < 1.29 is 9.18 Å². The predicted molar refractivity (Wildman–Crippen MR) is 66.9 cm³/mol. The number of rotatable bonds is 4. The number of hydrogen-bond donors (Lipinski definition) is 4. The van der Waals surface area contributed by atoms with E-state index >= 15 is 0 Å². The van der Waals surface area contributed by atoms with Crippen molar-refractivity contribution in [1.82, 2.24) is 20.8 Å². The highest BCUT2D eigenvalue weighted by Crippen LogP contribution is 2.01. The minimum absolute atomic E-state index is 0.216. The Morgan fingerprint density at radius 1 is 1.11 bits per heavy atom. The van der Waals surface area contributed by atoms with Gasteiger partial charge < -0.3 is 15.7 Å². The topological polar surface area (TPSA) is 89.8 Å². The molecule has 0 saturated heterocycles. The smallest absolute Gasteiger partial charge is 0.315 e. The van der Waals surface area contributed by atoms with Crippen LogP contribution in [0.25, 0.3) is 0 Å². The van der Waals surface area contributed by atoms with E-state index in [0.717, 1.165) is 5.56 Å². The molecule has 0 aliphatic heterocycles. The van der Waals surface area contributed by atoms with E-state index in [1.165, 1.54) is 18.2 Å². The van der Waals surface area contributed by atoms with Gasteiger partial charge in [0, 0.05) is 12.6 Å². The van der Waals surface area contributed by atoms with Gasteiger partial charge in [0.05, 0.1) is 12.2 Å². The molecular weight excluding hydrogens is 251 g/mol. The van der Waals surface area contributed by atoms with Crippen molar-refractivity contribution in [2.24, 2.45) is 0 Å². The first-order valence-electron chi connectivity index (χ1n) is 5.66. The molecule has 0 spiro atoms. The molecule has 7 heteroatoms. The maximum atomic E-state index is 12.7. The molecule has 0 atom stereocenters. The average Bonchev–Trinajstić information content (AvgIpc) is 2.81. The summed E-state index contributed by atoms with van der Waals surface area (Å²) in [7, 11) is 0. The van der Waals surface area contributed by atoms with Crippen molar-refractivity contribution in [1.29, 1.82) is 0 Å². The van der Waals surface area contributed by atoms with E-state index in [1.54, 1.807) is 12.1 Å². The van der Waals surface area contributed by atoms with Gasteiger partial charge in [-0.25, -0.2) is 9.18 Å². The summed E-state index contributed by atoms with van der Waals surface area (Å²) >= 11 is 0. The first kappa shape index (κ1) is 12.9. The van der Waals surface area contributed by atoms with Crippen molar-refractivity contribution in [2.45, 2.75) is 13.1 Å². The van der Waals surface area contributed by atoms with Crippen molar-refractivity contribution in [3.05, 3.63) is 57.8 Å². The Hall–Kier alpha value is -2.57. The third-order valence-electron chi connectivity index (χ3n) is 2.46. The second-order valence-electron chi connectivity index (χ2n) is 3.95. The van der Waals surface area contributed by atoms with Crippen LogP contribution in [0.1, 0.15) is 11.3 Å². The van der Waals surface area contributed by atoms with Crippen LogP contribution in [0, 0.1) is 5.82 Å². The number of H-pyrrole nitrogens is 2. The number of benzene rings is 1. The summed E-state index contributed by atoms with van der Waals surface area (Å²) < 4.78 is 12.7. The maximum absolute atomic E-state index is 12.7. The van der Waals surface area contributed by atoms with E-state index in [4.69, 9.17) is 0 Å². The molecule has 2 amide bonds. The van der Waals surface area contributed by atoms with Crippen LogP contribution >= 0.6 is 0 Å². The molecule has 0 bridgehead atoms. The number of aromatic amines is 2. The van der Waals surface area contributed by atoms with Gasteiger partial charge in [-0.05, 0) is 17.7 Å². The SMILES string of the molecule is O=C(NCc1ccc(F)cc1)NCc1cc(=O)[nH][nH]1. The van der Waals surface area contributed by atoms with Gasteiger partial charge in [0.15, 0.2) is 0 Å². The Labute approximate surface area is 108 Å². The highest BCUT2D eigenvalue weighted by molar-refractivity contribution is 5.73. The fraction of sp³-hybridized carbons (Fsp3) is 0.167. The summed E-state index contributed by atoms with van der Waals surface area (Å²) in [5, 5.41) is 10.2. The molecule has 1 heterocycles. The molecule has 2 aromatic rings. The molecule has 1 aromatic heterocycles. The number of halogens is 1. The van der Waals surface area contributed by atoms with Crippen LogP contribution in [0.4, 0.5) is 9.18 Å². The van der Waals surface area contributed by atoms with E-state index in [0.29, 0.717) is 12.2 Å². The Bertz CT molecular complexity index is 603. The fourth-order valence-electron chi connectivity index (χ4n) is 1.49. The van der Waals surface area contributed by atoms with Gasteiger partial charge in [-0.2, -0.15) is 0 Å². The zero-order valence-corrected chi connectivity index (χ0v) is 10.00. The first-order chi connectivity index (χ1) is 9.13. The summed E-state index contributed by atoms with van der Waals surface area (Å²) in [5.74, 6) is -0.315. The standard InChI is InChI=1S/C12H13FN4O2/c13-9-3-1-8(2-4-9)6-14-12(19)15-7-10-5-11(18)17-16-10/h1-5H,6-7H2,(H2,14,15,19)(H2,16,17,18). The maximum Gasteiger partial charge on any atom is 0.315 e. The van der Waals surface area contributed by atoms with Crippen LogP contribution in [0.2, 0.25) is 0 Å². The molecule has 100 valence electrons. The summed E-state index contributed by atoms with van der Waals surface area (Å²) in [6.07, 6.45) is 0. The van der Waals surface area contributed by atoms with Gasteiger partial charge in [-0.15, -0.1) is 0 Å². The van der Waals surface area contributed by atoms with Gasteiger partial charge in [-0.1, -0.05) is 12.1 Å². The van der Waals surface area contributed by atoms with Crippen LogP contribution in [-0.2, 0) is 13.1 Å². The molecule has 0 aliphatic rings. The molecule has 0 unspecified atom stereocenters. The molecule has 6 nitrogen and oxygen atoms in total. The predicted octanol–water partition coefficient (Wildman–Crippen LogP) is 0.842. The average molecular weight is 264 g/mol. The molecule has 1 aromatic carbocycles. The lowest BCUT2D eigenvalue weighted by atomic mass is 10.2. The highest BCUT2D eigenvalue weighted by Gasteiger charge is 2.02. The number of carbonyl (C=O) groups excluding carboxylic acids is 1. The summed E-state index contributed by atoms with van der Waals surface area (Å²) in [6.45, 7) is 0.518. The van der Waals surface area contributed by atoms with Crippen molar-refractivity contribution >= 4 is 6.03 Å². The lowest BCUT2D eigenvalue weighted by Gasteiger charge is -2.06. The van der Waals surface area contributed by atoms with Crippen LogP contribution in [0.3, 0.4) is 0 Å². The van der Waals surface area contributed by atoms with Gasteiger partial charge in [0.1, 0.15) is 5.82 Å². The highest BCUT2D eigenvalue weighted by atomic mass is 19.1. The summed E-state index contributed by atoms with van der Waals surface area (Å²) in [4.78, 5) is 22.3. The number of carbonyl (C=O) groups is 1. The number of amides is 2. The van der Waals surface area contributed by atoms with Gasteiger partial charge in [-0.3, -0.25) is 9.89 Å². The zero-order chi connectivity index (χ0) is 13.7. The Morgan fingerprint density at radius 2 is 1.79 bits per heavy atom. The minimum atomic E-state index is -0.369. The van der Waals surface area contributed by atoms with Crippen molar-refractivity contribution in [2.75, 3.05) is 0 Å². The van der Waals surface area contributed by atoms with Gasteiger partial charge in [0.2, 0.25) is 0 Å². The number of urea groups is 1. The van der Waals surface area contributed by atoms with E-state index in [2.05, 4.69) is 20.8 Å². The monoisotopic (exact) mass is 264 g/mol. The number of hydrogen-bond acceptors (Lipinski definition) is 2. The van der Waals surface area contributed by atoms with Crippen molar-refractivity contribution in [3.8, 4) is 0 Å². The summed E-state index contributed by atoms with van der Waals surface area (Å²) in [5.41, 5.74) is 1.14. The normalized spacial score (nSPS) is 10.2. The second kappa shape index (κ2) is 5.85. The fourth-order valence-corrected chi connectivity index (χ4v) is 1.49. The van der Waals surface area contributed by atoms with E-state index in [1.807, 2.05) is 0 Å². The zero-order valence-electron chi connectivity index (χ0n) is 10.00. The molecule has 0 aliphatic carbocycles.